The second-order valence-electron chi connectivity index (χ2n) is 7.20. The molecule has 5 rings (SSSR count). The third-order valence-corrected chi connectivity index (χ3v) is 5.42. The van der Waals surface area contributed by atoms with Crippen molar-refractivity contribution >= 4 is 34.6 Å². The summed E-state index contributed by atoms with van der Waals surface area (Å²) in [6, 6.07) is 16.5. The molecule has 5 nitrogen and oxygen atoms in total. The molecule has 3 aromatic rings. The van der Waals surface area contributed by atoms with Gasteiger partial charge in [0.1, 0.15) is 0 Å². The number of fused-ring (bicyclic) bond motifs is 1. The SMILES string of the molecule is CN(Cc1ccc2c(c1)OCO2)C(=N)N(C)c1ccc2c3c(cccc13)C=C2. The van der Waals surface area contributed by atoms with Gasteiger partial charge in [0.25, 0.3) is 0 Å². The van der Waals surface area contributed by atoms with Gasteiger partial charge in [0, 0.05) is 26.0 Å². The molecule has 0 bridgehead atoms. The third-order valence-electron chi connectivity index (χ3n) is 5.42. The van der Waals surface area contributed by atoms with Crippen LogP contribution in [0.1, 0.15) is 16.7 Å². The molecule has 3 aromatic carbocycles. The summed E-state index contributed by atoms with van der Waals surface area (Å²) in [6.45, 7) is 0.885. The van der Waals surface area contributed by atoms with Crippen molar-refractivity contribution in [3.63, 3.8) is 0 Å². The highest BCUT2D eigenvalue weighted by atomic mass is 16.7. The zero-order valence-electron chi connectivity index (χ0n) is 15.9. The van der Waals surface area contributed by atoms with Gasteiger partial charge in [-0.1, -0.05) is 42.5 Å². The molecule has 1 heterocycles. The summed E-state index contributed by atoms with van der Waals surface area (Å²) in [4.78, 5) is 3.87. The Bertz CT molecular complexity index is 1120. The molecule has 0 spiro atoms. The number of hydrogen-bond acceptors (Lipinski definition) is 3. The smallest absolute Gasteiger partial charge is 0.231 e. The first-order valence-corrected chi connectivity index (χ1v) is 9.27. The van der Waals surface area contributed by atoms with Gasteiger partial charge in [0.15, 0.2) is 17.5 Å². The van der Waals surface area contributed by atoms with Crippen LogP contribution >= 0.6 is 0 Å². The van der Waals surface area contributed by atoms with E-state index in [-0.39, 0.29) is 6.79 Å². The lowest BCUT2D eigenvalue weighted by molar-refractivity contribution is 0.174. The van der Waals surface area contributed by atoms with Crippen molar-refractivity contribution in [3.05, 3.63) is 65.2 Å². The number of ether oxygens (including phenoxy) is 2. The minimum absolute atomic E-state index is 0.271. The normalized spacial score (nSPS) is 13.2. The maximum absolute atomic E-state index is 8.72. The zero-order valence-corrected chi connectivity index (χ0v) is 15.9. The summed E-state index contributed by atoms with van der Waals surface area (Å²) in [5.41, 5.74) is 4.59. The standard InChI is InChI=1S/C23H21N3O2/c1-25(13-15-6-11-20-21(12-15)28-14-27-20)23(24)26(2)19-10-9-17-8-7-16-4-3-5-18(19)22(16)17/h3-12,24H,13-14H2,1-2H3. The van der Waals surface area contributed by atoms with Gasteiger partial charge in [0.05, 0.1) is 5.69 Å². The van der Waals surface area contributed by atoms with Crippen molar-refractivity contribution in [2.75, 3.05) is 25.8 Å². The van der Waals surface area contributed by atoms with Gasteiger partial charge in [-0.25, -0.2) is 0 Å². The lowest BCUT2D eigenvalue weighted by Gasteiger charge is -2.29. The van der Waals surface area contributed by atoms with Crippen LogP contribution in [-0.2, 0) is 6.54 Å². The maximum atomic E-state index is 8.72. The van der Waals surface area contributed by atoms with Crippen LogP contribution in [-0.4, -0.2) is 31.7 Å². The van der Waals surface area contributed by atoms with Gasteiger partial charge in [0.2, 0.25) is 6.79 Å². The minimum atomic E-state index is 0.271. The number of hydrogen-bond donors (Lipinski definition) is 1. The molecule has 2 aliphatic rings. The maximum Gasteiger partial charge on any atom is 0.231 e. The van der Waals surface area contributed by atoms with Crippen LogP contribution < -0.4 is 14.4 Å². The van der Waals surface area contributed by atoms with E-state index in [2.05, 4.69) is 42.5 Å². The fraction of sp³-hybridized carbons (Fsp3) is 0.174. The fourth-order valence-corrected chi connectivity index (χ4v) is 3.96. The van der Waals surface area contributed by atoms with Crippen molar-refractivity contribution in [2.45, 2.75) is 6.54 Å². The van der Waals surface area contributed by atoms with Crippen LogP contribution in [0.4, 0.5) is 5.69 Å². The molecule has 5 heteroatoms. The second kappa shape index (κ2) is 6.30. The molecule has 0 saturated carbocycles. The minimum Gasteiger partial charge on any atom is -0.454 e. The average Bonchev–Trinajstić information content (AvgIpc) is 3.35. The monoisotopic (exact) mass is 371 g/mol. The highest BCUT2D eigenvalue weighted by molar-refractivity contribution is 6.12. The molecule has 1 N–H and O–H groups in total. The van der Waals surface area contributed by atoms with Crippen molar-refractivity contribution in [2.24, 2.45) is 0 Å². The van der Waals surface area contributed by atoms with Crippen LogP contribution in [0.25, 0.3) is 22.9 Å². The number of nitrogens with one attached hydrogen (secondary N) is 1. The topological polar surface area (TPSA) is 48.8 Å². The Labute approximate surface area is 163 Å². The fourth-order valence-electron chi connectivity index (χ4n) is 3.96. The van der Waals surface area contributed by atoms with Crippen LogP contribution in [0, 0.1) is 5.41 Å². The lowest BCUT2D eigenvalue weighted by Crippen LogP contribution is -2.39. The summed E-state index contributed by atoms with van der Waals surface area (Å²) < 4.78 is 10.8. The first kappa shape index (κ1) is 16.7. The van der Waals surface area contributed by atoms with Crippen LogP contribution in [0.3, 0.4) is 0 Å². The van der Waals surface area contributed by atoms with Crippen molar-refractivity contribution in [1.82, 2.24) is 4.90 Å². The lowest BCUT2D eigenvalue weighted by atomic mass is 10.0. The van der Waals surface area contributed by atoms with Gasteiger partial charge in [-0.05, 0) is 40.3 Å². The van der Waals surface area contributed by atoms with E-state index in [1.165, 1.54) is 21.9 Å². The molecule has 28 heavy (non-hydrogen) atoms. The van der Waals surface area contributed by atoms with Crippen LogP contribution in [0.15, 0.2) is 48.5 Å². The van der Waals surface area contributed by atoms with Crippen molar-refractivity contribution in [3.8, 4) is 11.5 Å². The van der Waals surface area contributed by atoms with E-state index in [9.17, 15) is 0 Å². The average molecular weight is 371 g/mol. The summed E-state index contributed by atoms with van der Waals surface area (Å²) in [5, 5.41) is 11.2. The summed E-state index contributed by atoms with van der Waals surface area (Å²) in [6.07, 6.45) is 4.30. The summed E-state index contributed by atoms with van der Waals surface area (Å²) in [5.74, 6) is 1.98. The van der Waals surface area contributed by atoms with Gasteiger partial charge < -0.3 is 19.3 Å². The number of anilines is 1. The Hall–Kier alpha value is -3.47. The Morgan fingerprint density at radius 3 is 2.61 bits per heavy atom. The molecule has 140 valence electrons. The Morgan fingerprint density at radius 2 is 1.75 bits per heavy atom. The second-order valence-corrected chi connectivity index (χ2v) is 7.20. The number of rotatable bonds is 3. The molecule has 0 amide bonds. The van der Waals surface area contributed by atoms with E-state index in [0.29, 0.717) is 12.5 Å². The van der Waals surface area contributed by atoms with E-state index in [1.807, 2.05) is 42.1 Å². The molecule has 0 radical (unpaired) electrons. The Morgan fingerprint density at radius 1 is 0.964 bits per heavy atom. The summed E-state index contributed by atoms with van der Waals surface area (Å²) >= 11 is 0. The van der Waals surface area contributed by atoms with E-state index in [4.69, 9.17) is 14.9 Å². The molecule has 0 atom stereocenters. The molecular formula is C23H21N3O2. The van der Waals surface area contributed by atoms with E-state index < -0.39 is 0 Å². The largest absolute Gasteiger partial charge is 0.454 e. The first-order valence-electron chi connectivity index (χ1n) is 9.27. The predicted octanol–water partition coefficient (Wildman–Crippen LogP) is 4.56. The third kappa shape index (κ3) is 2.59. The zero-order chi connectivity index (χ0) is 19.3. The van der Waals surface area contributed by atoms with Crippen molar-refractivity contribution in [1.29, 1.82) is 5.41 Å². The Kier molecular flexibility index (Phi) is 3.76. The molecule has 0 fully saturated rings. The quantitative estimate of drug-likeness (QED) is 0.424. The van der Waals surface area contributed by atoms with E-state index >= 15 is 0 Å². The van der Waals surface area contributed by atoms with Gasteiger partial charge in [-0.3, -0.25) is 5.41 Å². The van der Waals surface area contributed by atoms with Crippen molar-refractivity contribution < 1.29 is 9.47 Å². The molecule has 0 unspecified atom stereocenters. The summed E-state index contributed by atoms with van der Waals surface area (Å²) in [7, 11) is 3.88. The molecular weight excluding hydrogens is 350 g/mol. The van der Waals surface area contributed by atoms with Gasteiger partial charge >= 0.3 is 0 Å². The highest BCUT2D eigenvalue weighted by Gasteiger charge is 2.19. The highest BCUT2D eigenvalue weighted by Crippen LogP contribution is 2.37. The predicted molar refractivity (Wildman–Crippen MR) is 113 cm³/mol. The number of guanidine groups is 1. The number of nitrogens with zero attached hydrogens (tertiary/aromatic N) is 2. The molecule has 0 saturated heterocycles. The Balaban J connectivity index is 1.40. The molecule has 0 aromatic heterocycles. The van der Waals surface area contributed by atoms with E-state index in [1.54, 1.807) is 0 Å². The molecule has 1 aliphatic carbocycles. The van der Waals surface area contributed by atoms with Gasteiger partial charge in [-0.15, -0.1) is 0 Å². The van der Waals surface area contributed by atoms with Crippen LogP contribution in [0.2, 0.25) is 0 Å². The van der Waals surface area contributed by atoms with E-state index in [0.717, 1.165) is 22.7 Å². The van der Waals surface area contributed by atoms with Gasteiger partial charge in [-0.2, -0.15) is 0 Å². The number of benzene rings is 3. The molecule has 1 aliphatic heterocycles. The first-order chi connectivity index (χ1) is 13.6. The van der Waals surface area contributed by atoms with Crippen LogP contribution in [0.5, 0.6) is 11.5 Å².